The van der Waals surface area contributed by atoms with Gasteiger partial charge in [-0.2, -0.15) is 0 Å². The molecule has 2 heterocycles. The fraction of sp³-hybridized carbons (Fsp3) is 0.533. The summed E-state index contributed by atoms with van der Waals surface area (Å²) in [5, 5.41) is 0. The van der Waals surface area contributed by atoms with Gasteiger partial charge in [-0.05, 0) is 20.8 Å². The molecule has 1 amide bonds. The first kappa shape index (κ1) is 16.1. The van der Waals surface area contributed by atoms with Crippen molar-refractivity contribution in [2.75, 3.05) is 20.3 Å². The summed E-state index contributed by atoms with van der Waals surface area (Å²) in [5.41, 5.74) is 0.330. The van der Waals surface area contributed by atoms with Crippen LogP contribution in [-0.2, 0) is 16.0 Å². The lowest BCUT2D eigenvalue weighted by Crippen LogP contribution is -2.37. The van der Waals surface area contributed by atoms with E-state index >= 15 is 0 Å². The number of hydrogen-bond acceptors (Lipinski definition) is 6. The molecule has 7 nitrogen and oxygen atoms in total. The Labute approximate surface area is 129 Å². The van der Waals surface area contributed by atoms with Crippen LogP contribution in [0.3, 0.4) is 0 Å². The maximum Gasteiger partial charge on any atom is 0.410 e. The average molecular weight is 308 g/mol. The van der Waals surface area contributed by atoms with E-state index in [1.165, 1.54) is 18.2 Å². The second-order valence-electron chi connectivity index (χ2n) is 5.92. The molecule has 0 radical (unpaired) electrons. The molecule has 0 aromatic carbocycles. The van der Waals surface area contributed by atoms with Crippen LogP contribution in [0.4, 0.5) is 4.79 Å². The van der Waals surface area contributed by atoms with Crippen molar-refractivity contribution in [1.82, 2.24) is 9.88 Å². The Bertz CT molecular complexity index is 580. The molecule has 0 fully saturated rings. The van der Waals surface area contributed by atoms with Crippen LogP contribution < -0.4 is 4.74 Å². The number of ether oxygens (including phenoxy) is 3. The Morgan fingerprint density at radius 1 is 1.32 bits per heavy atom. The van der Waals surface area contributed by atoms with Crippen molar-refractivity contribution < 1.29 is 23.8 Å². The number of amides is 1. The highest BCUT2D eigenvalue weighted by Crippen LogP contribution is 2.27. The highest BCUT2D eigenvalue weighted by atomic mass is 16.6. The van der Waals surface area contributed by atoms with Gasteiger partial charge in [-0.15, -0.1) is 0 Å². The van der Waals surface area contributed by atoms with Gasteiger partial charge in [-0.1, -0.05) is 0 Å². The lowest BCUT2D eigenvalue weighted by molar-refractivity contribution is 0.0225. The third kappa shape index (κ3) is 3.66. The zero-order chi connectivity index (χ0) is 16.3. The maximum atomic E-state index is 12.2. The Hall–Kier alpha value is -2.31. The van der Waals surface area contributed by atoms with Crippen molar-refractivity contribution in [3.05, 3.63) is 23.5 Å². The van der Waals surface area contributed by atoms with Gasteiger partial charge in [0.1, 0.15) is 23.5 Å². The number of carbonyl (C=O) groups is 2. The quantitative estimate of drug-likeness (QED) is 0.738. The van der Waals surface area contributed by atoms with Gasteiger partial charge in [0.2, 0.25) is 0 Å². The minimum absolute atomic E-state index is 0.256. The monoisotopic (exact) mass is 308 g/mol. The Kier molecular flexibility index (Phi) is 4.54. The van der Waals surface area contributed by atoms with E-state index in [9.17, 15) is 9.59 Å². The van der Waals surface area contributed by atoms with Crippen LogP contribution in [0.1, 0.15) is 36.7 Å². The molecule has 0 spiro atoms. The minimum atomic E-state index is -0.570. The van der Waals surface area contributed by atoms with Crippen molar-refractivity contribution in [3.63, 3.8) is 0 Å². The number of esters is 1. The van der Waals surface area contributed by atoms with E-state index in [4.69, 9.17) is 14.2 Å². The molecule has 7 heteroatoms. The number of nitrogens with zero attached hydrogens (tertiary/aromatic N) is 2. The van der Waals surface area contributed by atoms with Crippen LogP contribution in [-0.4, -0.2) is 47.8 Å². The lowest BCUT2D eigenvalue weighted by Gasteiger charge is -2.25. The van der Waals surface area contributed by atoms with Crippen molar-refractivity contribution in [2.45, 2.75) is 32.9 Å². The average Bonchev–Trinajstić information content (AvgIpc) is 2.66. The molecule has 1 aliphatic heterocycles. The van der Waals surface area contributed by atoms with E-state index in [-0.39, 0.29) is 18.7 Å². The number of aromatic nitrogens is 1. The van der Waals surface area contributed by atoms with Crippen LogP contribution in [0.5, 0.6) is 5.75 Å². The number of carbonyl (C=O) groups excluding carboxylic acids is 2. The van der Waals surface area contributed by atoms with E-state index in [1.54, 1.807) is 6.20 Å². The fourth-order valence-corrected chi connectivity index (χ4v) is 2.06. The van der Waals surface area contributed by atoms with Crippen LogP contribution in [0.15, 0.2) is 12.4 Å². The summed E-state index contributed by atoms with van der Waals surface area (Å²) in [7, 11) is 1.30. The number of methoxy groups -OCH3 is 1. The van der Waals surface area contributed by atoms with Crippen molar-refractivity contribution in [2.24, 2.45) is 0 Å². The molecule has 0 atom stereocenters. The highest BCUT2D eigenvalue weighted by Gasteiger charge is 2.27. The third-order valence-electron chi connectivity index (χ3n) is 3.00. The summed E-state index contributed by atoms with van der Waals surface area (Å²) in [6.45, 7) is 6.32. The molecule has 0 bridgehead atoms. The summed E-state index contributed by atoms with van der Waals surface area (Å²) in [6, 6.07) is 0. The lowest BCUT2D eigenvalue weighted by atomic mass is 10.1. The van der Waals surface area contributed by atoms with Crippen LogP contribution in [0, 0.1) is 0 Å². The van der Waals surface area contributed by atoms with E-state index in [0.717, 1.165) is 0 Å². The summed E-state index contributed by atoms with van der Waals surface area (Å²) >= 11 is 0. The van der Waals surface area contributed by atoms with Gasteiger partial charge in [0, 0.05) is 18.0 Å². The molecule has 22 heavy (non-hydrogen) atoms. The Morgan fingerprint density at radius 3 is 2.68 bits per heavy atom. The molecule has 0 N–H and O–H groups in total. The van der Waals surface area contributed by atoms with E-state index in [2.05, 4.69) is 4.98 Å². The molecule has 1 aromatic heterocycles. The number of fused-ring (bicyclic) bond motifs is 1. The second-order valence-corrected chi connectivity index (χ2v) is 5.92. The predicted molar refractivity (Wildman–Crippen MR) is 77.7 cm³/mol. The van der Waals surface area contributed by atoms with E-state index < -0.39 is 17.7 Å². The zero-order valence-corrected chi connectivity index (χ0v) is 13.2. The van der Waals surface area contributed by atoms with Gasteiger partial charge >= 0.3 is 12.1 Å². The molecule has 1 aliphatic rings. The van der Waals surface area contributed by atoms with Crippen LogP contribution >= 0.6 is 0 Å². The first-order valence-electron chi connectivity index (χ1n) is 6.98. The minimum Gasteiger partial charge on any atom is -0.490 e. The second kappa shape index (κ2) is 6.21. The van der Waals surface area contributed by atoms with Gasteiger partial charge in [0.15, 0.2) is 0 Å². The van der Waals surface area contributed by atoms with Gasteiger partial charge < -0.3 is 19.1 Å². The van der Waals surface area contributed by atoms with Crippen LogP contribution in [0.25, 0.3) is 0 Å². The van der Waals surface area contributed by atoms with Crippen LogP contribution in [0.2, 0.25) is 0 Å². The van der Waals surface area contributed by atoms with Gasteiger partial charge in [-0.3, -0.25) is 4.98 Å². The van der Waals surface area contributed by atoms with Gasteiger partial charge in [0.25, 0.3) is 0 Å². The van der Waals surface area contributed by atoms with Gasteiger partial charge in [-0.25, -0.2) is 9.59 Å². The Balaban J connectivity index is 2.24. The molecule has 0 unspecified atom stereocenters. The molecule has 120 valence electrons. The normalized spacial score (nSPS) is 14.5. The predicted octanol–water partition coefficient (Wildman–Crippen LogP) is 2.00. The number of pyridine rings is 1. The molecule has 0 saturated carbocycles. The molecule has 1 aromatic rings. The van der Waals surface area contributed by atoms with Crippen molar-refractivity contribution >= 4 is 12.1 Å². The summed E-state index contributed by atoms with van der Waals surface area (Å²) in [5.74, 6) is -0.108. The largest absolute Gasteiger partial charge is 0.490 e. The first-order chi connectivity index (χ1) is 10.3. The van der Waals surface area contributed by atoms with Crippen molar-refractivity contribution in [3.8, 4) is 5.75 Å². The maximum absolute atomic E-state index is 12.2. The fourth-order valence-electron chi connectivity index (χ4n) is 2.06. The number of hydrogen-bond donors (Lipinski definition) is 0. The molecular formula is C15H20N2O5. The first-order valence-corrected chi connectivity index (χ1v) is 6.98. The molecule has 0 saturated heterocycles. The van der Waals surface area contributed by atoms with E-state index in [1.807, 2.05) is 20.8 Å². The highest BCUT2D eigenvalue weighted by molar-refractivity contribution is 5.92. The number of rotatable bonds is 1. The van der Waals surface area contributed by atoms with Crippen molar-refractivity contribution in [1.29, 1.82) is 0 Å². The smallest absolute Gasteiger partial charge is 0.410 e. The molecule has 0 aliphatic carbocycles. The molecular weight excluding hydrogens is 288 g/mol. The standard InChI is InChI=1S/C15H20N2O5/c1-15(2,3)22-14(19)17-5-6-21-12-10(9-17)7-16-8-11(12)13(18)20-4/h7-8H,5-6,9H2,1-4H3. The topological polar surface area (TPSA) is 78.0 Å². The summed E-state index contributed by atoms with van der Waals surface area (Å²) in [4.78, 5) is 29.5. The van der Waals surface area contributed by atoms with E-state index in [0.29, 0.717) is 17.9 Å². The Morgan fingerprint density at radius 2 is 2.05 bits per heavy atom. The summed E-state index contributed by atoms with van der Waals surface area (Å²) in [6.07, 6.45) is 2.55. The zero-order valence-electron chi connectivity index (χ0n) is 13.2. The SMILES string of the molecule is COC(=O)c1cncc2c1OCCN(C(=O)OC(C)(C)C)C2. The molecule has 2 rings (SSSR count). The third-order valence-corrected chi connectivity index (χ3v) is 3.00. The summed E-state index contributed by atoms with van der Waals surface area (Å²) < 4.78 is 15.7. The van der Waals surface area contributed by atoms with Gasteiger partial charge in [0.05, 0.1) is 20.2 Å².